The molecule has 0 heterocycles. The highest BCUT2D eigenvalue weighted by Gasteiger charge is 2.25. The zero-order chi connectivity index (χ0) is 15.9. The third kappa shape index (κ3) is 9.47. The van der Waals surface area contributed by atoms with Crippen molar-refractivity contribution < 1.29 is 17.9 Å². The lowest BCUT2D eigenvalue weighted by Gasteiger charge is -2.20. The monoisotopic (exact) mass is 303 g/mol. The van der Waals surface area contributed by atoms with Crippen molar-refractivity contribution >= 4 is 0 Å². The minimum atomic E-state index is -4.10. The minimum absolute atomic E-state index is 0.00870. The van der Waals surface area contributed by atoms with Crippen molar-refractivity contribution in [3.63, 3.8) is 0 Å². The lowest BCUT2D eigenvalue weighted by atomic mass is 10.1. The second kappa shape index (κ2) is 7.80. The molecule has 0 amide bonds. The van der Waals surface area contributed by atoms with Gasteiger partial charge in [0.15, 0.2) is 0 Å². The summed E-state index contributed by atoms with van der Waals surface area (Å²) in [6.45, 7) is 7.53. The second-order valence-electron chi connectivity index (χ2n) is 6.19. The van der Waals surface area contributed by atoms with Gasteiger partial charge in [-0.25, -0.2) is 0 Å². The van der Waals surface area contributed by atoms with Gasteiger partial charge in [0, 0.05) is 25.1 Å². The zero-order valence-electron chi connectivity index (χ0n) is 12.9. The van der Waals surface area contributed by atoms with E-state index in [1.165, 1.54) is 0 Å². The smallest absolute Gasteiger partial charge is 0.377 e. The highest BCUT2D eigenvalue weighted by Crippen LogP contribution is 2.21. The predicted octanol–water partition coefficient (Wildman–Crippen LogP) is 4.43. The van der Waals surface area contributed by atoms with Crippen LogP contribution in [0.15, 0.2) is 24.3 Å². The van der Waals surface area contributed by atoms with E-state index in [4.69, 9.17) is 4.74 Å². The number of hydrogen-bond acceptors (Lipinski definition) is 2. The lowest BCUT2D eigenvalue weighted by Crippen LogP contribution is -2.35. The SMILES string of the molecule is CC(C)(C)NCc1cccc(COCCCC(F)(F)F)c1. The highest BCUT2D eigenvalue weighted by molar-refractivity contribution is 5.23. The van der Waals surface area contributed by atoms with Gasteiger partial charge in [-0.3, -0.25) is 0 Å². The first-order chi connectivity index (χ1) is 9.66. The van der Waals surface area contributed by atoms with Crippen LogP contribution in [-0.2, 0) is 17.9 Å². The van der Waals surface area contributed by atoms with E-state index in [0.29, 0.717) is 6.61 Å². The maximum absolute atomic E-state index is 12.0. The summed E-state index contributed by atoms with van der Waals surface area (Å²) >= 11 is 0. The Kier molecular flexibility index (Phi) is 6.68. The zero-order valence-corrected chi connectivity index (χ0v) is 12.9. The molecule has 120 valence electrons. The summed E-state index contributed by atoms with van der Waals surface area (Å²) in [7, 11) is 0. The molecule has 1 rings (SSSR count). The van der Waals surface area contributed by atoms with Gasteiger partial charge in [0.2, 0.25) is 0 Å². The molecule has 1 aromatic carbocycles. The number of alkyl halides is 3. The number of halogens is 3. The number of ether oxygens (including phenoxy) is 1. The summed E-state index contributed by atoms with van der Waals surface area (Å²) in [5, 5.41) is 3.39. The fraction of sp³-hybridized carbons (Fsp3) is 0.625. The summed E-state index contributed by atoms with van der Waals surface area (Å²) in [6.07, 6.45) is -4.88. The molecule has 0 aromatic heterocycles. The number of benzene rings is 1. The van der Waals surface area contributed by atoms with Crippen LogP contribution >= 0.6 is 0 Å². The quantitative estimate of drug-likeness (QED) is 0.752. The van der Waals surface area contributed by atoms with Gasteiger partial charge in [-0.2, -0.15) is 13.2 Å². The van der Waals surface area contributed by atoms with Crippen LogP contribution in [0.4, 0.5) is 13.2 Å². The van der Waals surface area contributed by atoms with E-state index in [2.05, 4.69) is 26.1 Å². The topological polar surface area (TPSA) is 21.3 Å². The molecular weight excluding hydrogens is 279 g/mol. The van der Waals surface area contributed by atoms with Crippen molar-refractivity contribution in [2.45, 2.75) is 58.5 Å². The largest absolute Gasteiger partial charge is 0.389 e. The van der Waals surface area contributed by atoms with E-state index in [1.54, 1.807) is 0 Å². The number of nitrogens with one attached hydrogen (secondary N) is 1. The van der Waals surface area contributed by atoms with E-state index in [1.807, 2.05) is 24.3 Å². The van der Waals surface area contributed by atoms with Gasteiger partial charge >= 0.3 is 6.18 Å². The van der Waals surface area contributed by atoms with Crippen molar-refractivity contribution in [3.05, 3.63) is 35.4 Å². The van der Waals surface area contributed by atoms with Gasteiger partial charge in [0.1, 0.15) is 0 Å². The summed E-state index contributed by atoms with van der Waals surface area (Å²) < 4.78 is 41.2. The van der Waals surface area contributed by atoms with E-state index < -0.39 is 12.6 Å². The summed E-state index contributed by atoms with van der Waals surface area (Å²) in [5.74, 6) is 0. The van der Waals surface area contributed by atoms with Crippen LogP contribution in [0.5, 0.6) is 0 Å². The Morgan fingerprint density at radius 2 is 1.76 bits per heavy atom. The maximum atomic E-state index is 12.0. The Balaban J connectivity index is 2.32. The van der Waals surface area contributed by atoms with Crippen LogP contribution in [0.2, 0.25) is 0 Å². The predicted molar refractivity (Wildman–Crippen MR) is 78.0 cm³/mol. The van der Waals surface area contributed by atoms with Crippen molar-refractivity contribution in [2.24, 2.45) is 0 Å². The van der Waals surface area contributed by atoms with Crippen molar-refractivity contribution in [1.29, 1.82) is 0 Å². The van der Waals surface area contributed by atoms with Crippen LogP contribution < -0.4 is 5.32 Å². The molecule has 1 aromatic rings. The van der Waals surface area contributed by atoms with Crippen LogP contribution in [0, 0.1) is 0 Å². The van der Waals surface area contributed by atoms with Gasteiger partial charge < -0.3 is 10.1 Å². The van der Waals surface area contributed by atoms with Crippen molar-refractivity contribution in [3.8, 4) is 0 Å². The standard InChI is InChI=1S/C16H24F3NO/c1-15(2,3)20-11-13-6-4-7-14(10-13)12-21-9-5-8-16(17,18)19/h4,6-7,10,20H,5,8-9,11-12H2,1-3H3. The average Bonchev–Trinajstić information content (AvgIpc) is 2.34. The Morgan fingerprint density at radius 1 is 1.10 bits per heavy atom. The Morgan fingerprint density at radius 3 is 2.38 bits per heavy atom. The Labute approximate surface area is 124 Å². The van der Waals surface area contributed by atoms with Crippen LogP contribution in [0.1, 0.15) is 44.7 Å². The first-order valence-electron chi connectivity index (χ1n) is 7.13. The van der Waals surface area contributed by atoms with Gasteiger partial charge in [0.05, 0.1) is 6.61 Å². The average molecular weight is 303 g/mol. The summed E-state index contributed by atoms with van der Waals surface area (Å²) in [4.78, 5) is 0. The molecule has 5 heteroatoms. The second-order valence-corrected chi connectivity index (χ2v) is 6.19. The van der Waals surface area contributed by atoms with Gasteiger partial charge in [-0.05, 0) is 38.3 Å². The van der Waals surface area contributed by atoms with Gasteiger partial charge in [0.25, 0.3) is 0 Å². The third-order valence-corrected chi connectivity index (χ3v) is 2.83. The summed E-state index contributed by atoms with van der Waals surface area (Å²) in [5.41, 5.74) is 2.17. The molecule has 0 aliphatic rings. The molecule has 0 unspecified atom stereocenters. The normalized spacial score (nSPS) is 12.7. The molecule has 0 spiro atoms. The molecule has 2 nitrogen and oxygen atoms in total. The number of rotatable bonds is 7. The molecule has 1 N–H and O–H groups in total. The molecule has 0 radical (unpaired) electrons. The molecule has 0 aliphatic heterocycles. The fourth-order valence-electron chi connectivity index (χ4n) is 1.76. The Hall–Kier alpha value is -1.07. The van der Waals surface area contributed by atoms with E-state index in [-0.39, 0.29) is 18.6 Å². The molecule has 0 atom stereocenters. The summed E-state index contributed by atoms with van der Waals surface area (Å²) in [6, 6.07) is 7.90. The van der Waals surface area contributed by atoms with Crippen molar-refractivity contribution in [1.82, 2.24) is 5.32 Å². The van der Waals surface area contributed by atoms with E-state index >= 15 is 0 Å². The first-order valence-corrected chi connectivity index (χ1v) is 7.13. The number of hydrogen-bond donors (Lipinski definition) is 1. The van der Waals surface area contributed by atoms with Gasteiger partial charge in [-0.1, -0.05) is 24.3 Å². The molecular formula is C16H24F3NO. The molecule has 21 heavy (non-hydrogen) atoms. The maximum Gasteiger partial charge on any atom is 0.389 e. The fourth-order valence-corrected chi connectivity index (χ4v) is 1.76. The van der Waals surface area contributed by atoms with Crippen molar-refractivity contribution in [2.75, 3.05) is 6.61 Å². The van der Waals surface area contributed by atoms with Crippen LogP contribution in [0.3, 0.4) is 0 Å². The molecule has 0 bridgehead atoms. The minimum Gasteiger partial charge on any atom is -0.377 e. The Bertz CT molecular complexity index is 424. The van der Waals surface area contributed by atoms with E-state index in [0.717, 1.165) is 17.7 Å². The molecule has 0 saturated heterocycles. The lowest BCUT2D eigenvalue weighted by molar-refractivity contribution is -0.138. The molecule has 0 fully saturated rings. The van der Waals surface area contributed by atoms with Gasteiger partial charge in [-0.15, -0.1) is 0 Å². The first kappa shape index (κ1) is 18.0. The van der Waals surface area contributed by atoms with Crippen LogP contribution in [-0.4, -0.2) is 18.3 Å². The molecule has 0 aliphatic carbocycles. The van der Waals surface area contributed by atoms with Crippen LogP contribution in [0.25, 0.3) is 0 Å². The molecule has 0 saturated carbocycles. The van der Waals surface area contributed by atoms with E-state index in [9.17, 15) is 13.2 Å². The highest BCUT2D eigenvalue weighted by atomic mass is 19.4. The third-order valence-electron chi connectivity index (χ3n) is 2.83.